The molecule has 0 spiro atoms. The first-order valence-electron chi connectivity index (χ1n) is 5.74. The van der Waals surface area contributed by atoms with Gasteiger partial charge < -0.3 is 5.73 Å². The topological polar surface area (TPSA) is 84.5 Å². The van der Waals surface area contributed by atoms with Crippen LogP contribution in [0.3, 0.4) is 0 Å². The number of benzene rings is 2. The van der Waals surface area contributed by atoms with Crippen LogP contribution in [-0.4, -0.2) is 14.6 Å². The van der Waals surface area contributed by atoms with Crippen molar-refractivity contribution in [2.45, 2.75) is 4.90 Å². The summed E-state index contributed by atoms with van der Waals surface area (Å²) in [5.41, 5.74) is 6.60. The van der Waals surface area contributed by atoms with Gasteiger partial charge in [-0.05, 0) is 42.0 Å². The lowest BCUT2D eigenvalue weighted by atomic mass is 10.2. The quantitative estimate of drug-likeness (QED) is 0.508. The molecular formula is C13H11Cl2N3O2S. The van der Waals surface area contributed by atoms with Crippen molar-refractivity contribution in [3.8, 4) is 0 Å². The van der Waals surface area contributed by atoms with Gasteiger partial charge in [0.15, 0.2) is 0 Å². The lowest BCUT2D eigenvalue weighted by Crippen LogP contribution is -2.18. The van der Waals surface area contributed by atoms with Crippen LogP contribution in [-0.2, 0) is 10.0 Å². The fourth-order valence-corrected chi connectivity index (χ4v) is 2.56. The molecule has 2 aromatic carbocycles. The predicted molar refractivity (Wildman–Crippen MR) is 85.2 cm³/mol. The summed E-state index contributed by atoms with van der Waals surface area (Å²) in [6, 6.07) is 10.6. The highest BCUT2D eigenvalue weighted by Crippen LogP contribution is 2.21. The monoisotopic (exact) mass is 343 g/mol. The van der Waals surface area contributed by atoms with E-state index in [1.54, 1.807) is 18.2 Å². The van der Waals surface area contributed by atoms with E-state index in [9.17, 15) is 8.42 Å². The Bertz CT molecular complexity index is 775. The third-order valence-electron chi connectivity index (χ3n) is 2.52. The molecule has 2 rings (SSSR count). The first-order chi connectivity index (χ1) is 9.88. The molecule has 0 bridgehead atoms. The van der Waals surface area contributed by atoms with Gasteiger partial charge in [-0.1, -0.05) is 29.3 Å². The summed E-state index contributed by atoms with van der Waals surface area (Å²) in [4.78, 5) is 2.17. The summed E-state index contributed by atoms with van der Waals surface area (Å²) in [5, 5.41) is 4.46. The van der Waals surface area contributed by atoms with E-state index in [4.69, 9.17) is 28.9 Å². The first kappa shape index (κ1) is 15.6. The molecule has 0 aliphatic carbocycles. The van der Waals surface area contributed by atoms with E-state index in [-0.39, 0.29) is 4.90 Å². The highest BCUT2D eigenvalue weighted by molar-refractivity contribution is 7.89. The molecule has 0 amide bonds. The number of hydrazone groups is 1. The number of hydrogen-bond acceptors (Lipinski definition) is 4. The predicted octanol–water partition coefficient (Wildman–Crippen LogP) is 2.89. The lowest BCUT2D eigenvalue weighted by molar-refractivity contribution is 0.584. The van der Waals surface area contributed by atoms with Gasteiger partial charge in [-0.2, -0.15) is 13.5 Å². The maximum absolute atomic E-state index is 11.9. The number of nitrogens with zero attached hydrogens (tertiary/aromatic N) is 1. The maximum atomic E-state index is 11.9. The number of nitrogens with two attached hydrogens (primary N) is 1. The zero-order chi connectivity index (χ0) is 15.5. The molecule has 5 nitrogen and oxygen atoms in total. The zero-order valence-corrected chi connectivity index (χ0v) is 13.0. The van der Waals surface area contributed by atoms with Gasteiger partial charge in [0, 0.05) is 5.69 Å². The first-order valence-corrected chi connectivity index (χ1v) is 7.98. The molecular weight excluding hydrogens is 333 g/mol. The van der Waals surface area contributed by atoms with Gasteiger partial charge >= 0.3 is 0 Å². The lowest BCUT2D eigenvalue weighted by Gasteiger charge is -2.03. The molecule has 110 valence electrons. The molecule has 0 heterocycles. The third-order valence-corrected chi connectivity index (χ3v) is 4.50. The fraction of sp³-hybridized carbons (Fsp3) is 0. The van der Waals surface area contributed by atoms with Crippen molar-refractivity contribution in [3.63, 3.8) is 0 Å². The van der Waals surface area contributed by atoms with Gasteiger partial charge in [0.25, 0.3) is 10.0 Å². The molecule has 0 aliphatic heterocycles. The van der Waals surface area contributed by atoms with Crippen LogP contribution < -0.4 is 10.6 Å². The van der Waals surface area contributed by atoms with Crippen LogP contribution >= 0.6 is 23.2 Å². The number of rotatable bonds is 4. The molecule has 8 heteroatoms. The Labute approximate surface area is 132 Å². The van der Waals surface area contributed by atoms with Crippen molar-refractivity contribution in [2.24, 2.45) is 5.10 Å². The van der Waals surface area contributed by atoms with E-state index in [2.05, 4.69) is 9.93 Å². The van der Waals surface area contributed by atoms with Crippen molar-refractivity contribution < 1.29 is 8.42 Å². The van der Waals surface area contributed by atoms with Crippen LogP contribution in [0.1, 0.15) is 5.56 Å². The van der Waals surface area contributed by atoms with Crippen molar-refractivity contribution in [2.75, 3.05) is 5.73 Å². The van der Waals surface area contributed by atoms with Crippen molar-refractivity contribution in [1.29, 1.82) is 0 Å². The molecule has 0 radical (unpaired) electrons. The second kappa shape index (κ2) is 6.34. The zero-order valence-electron chi connectivity index (χ0n) is 10.6. The SMILES string of the molecule is Nc1ccc(S(=O)(=O)N/N=C/c2ccc(Cl)c(Cl)c2)cc1. The summed E-state index contributed by atoms with van der Waals surface area (Å²) in [6.45, 7) is 0. The maximum Gasteiger partial charge on any atom is 0.276 e. The van der Waals surface area contributed by atoms with E-state index in [1.165, 1.54) is 30.5 Å². The molecule has 0 aliphatic rings. The molecule has 21 heavy (non-hydrogen) atoms. The fourth-order valence-electron chi connectivity index (χ4n) is 1.46. The number of nitrogens with one attached hydrogen (secondary N) is 1. The largest absolute Gasteiger partial charge is 0.399 e. The normalized spacial score (nSPS) is 11.7. The second-order valence-corrected chi connectivity index (χ2v) is 6.57. The number of anilines is 1. The van der Waals surface area contributed by atoms with Gasteiger partial charge in [0.05, 0.1) is 21.2 Å². The molecule has 0 saturated carbocycles. The summed E-state index contributed by atoms with van der Waals surface area (Å²) in [7, 11) is -3.73. The van der Waals surface area contributed by atoms with E-state index < -0.39 is 10.0 Å². The summed E-state index contributed by atoms with van der Waals surface area (Å²) in [5.74, 6) is 0. The Morgan fingerprint density at radius 3 is 2.33 bits per heavy atom. The van der Waals surface area contributed by atoms with E-state index in [0.29, 0.717) is 21.3 Å². The Morgan fingerprint density at radius 2 is 1.71 bits per heavy atom. The number of sulfonamides is 1. The summed E-state index contributed by atoms with van der Waals surface area (Å²) >= 11 is 11.6. The summed E-state index contributed by atoms with van der Waals surface area (Å²) < 4.78 is 23.9. The molecule has 0 unspecified atom stereocenters. The molecule has 0 atom stereocenters. The highest BCUT2D eigenvalue weighted by Gasteiger charge is 2.11. The smallest absolute Gasteiger partial charge is 0.276 e. The molecule has 2 aromatic rings. The third kappa shape index (κ3) is 4.10. The molecule has 0 fully saturated rings. The average molecular weight is 344 g/mol. The van der Waals surface area contributed by atoms with E-state index >= 15 is 0 Å². The standard InChI is InChI=1S/C13H11Cl2N3O2S/c14-12-6-1-9(7-13(12)15)8-17-18-21(19,20)11-4-2-10(16)3-5-11/h1-8,18H,16H2/b17-8+. The average Bonchev–Trinajstić information content (AvgIpc) is 2.43. The minimum absolute atomic E-state index is 0.0722. The van der Waals surface area contributed by atoms with Crippen LogP contribution in [0, 0.1) is 0 Å². The second-order valence-electron chi connectivity index (χ2n) is 4.10. The molecule has 3 N–H and O–H groups in total. The van der Waals surface area contributed by atoms with Crippen LogP contribution in [0.4, 0.5) is 5.69 Å². The van der Waals surface area contributed by atoms with Crippen molar-refractivity contribution in [3.05, 3.63) is 58.1 Å². The molecule has 0 aromatic heterocycles. The van der Waals surface area contributed by atoms with Gasteiger partial charge in [-0.25, -0.2) is 4.83 Å². The van der Waals surface area contributed by atoms with Gasteiger partial charge in [0.1, 0.15) is 0 Å². The Balaban J connectivity index is 2.12. The van der Waals surface area contributed by atoms with Gasteiger partial charge in [-0.3, -0.25) is 0 Å². The minimum Gasteiger partial charge on any atom is -0.399 e. The van der Waals surface area contributed by atoms with E-state index in [0.717, 1.165) is 0 Å². The van der Waals surface area contributed by atoms with Crippen LogP contribution in [0.2, 0.25) is 10.0 Å². The number of halogens is 2. The Hall–Kier alpha value is -1.76. The number of nitrogen functional groups attached to an aromatic ring is 1. The highest BCUT2D eigenvalue weighted by atomic mass is 35.5. The van der Waals surface area contributed by atoms with Gasteiger partial charge in [0.2, 0.25) is 0 Å². The minimum atomic E-state index is -3.73. The molecule has 0 saturated heterocycles. The Morgan fingerprint density at radius 1 is 1.05 bits per heavy atom. The van der Waals surface area contributed by atoms with Crippen molar-refractivity contribution >= 4 is 45.1 Å². The van der Waals surface area contributed by atoms with Gasteiger partial charge in [-0.15, -0.1) is 0 Å². The Kier molecular flexibility index (Phi) is 4.72. The van der Waals surface area contributed by atoms with Crippen LogP contribution in [0.25, 0.3) is 0 Å². The van der Waals surface area contributed by atoms with Crippen molar-refractivity contribution in [1.82, 2.24) is 4.83 Å². The summed E-state index contributed by atoms with van der Waals surface area (Å²) in [6.07, 6.45) is 1.33. The van der Waals surface area contributed by atoms with Crippen LogP contribution in [0.5, 0.6) is 0 Å². The number of hydrogen-bond donors (Lipinski definition) is 2. The van der Waals surface area contributed by atoms with Crippen LogP contribution in [0.15, 0.2) is 52.5 Å². The van der Waals surface area contributed by atoms with E-state index in [1.807, 2.05) is 0 Å².